The van der Waals surface area contributed by atoms with E-state index in [0.29, 0.717) is 5.69 Å². The molecule has 0 aliphatic rings. The van der Waals surface area contributed by atoms with Gasteiger partial charge >= 0.3 is 0 Å². The first-order valence-electron chi connectivity index (χ1n) is 6.44. The molecule has 0 amide bonds. The lowest BCUT2D eigenvalue weighted by atomic mass is 10.1. The molecule has 0 saturated carbocycles. The van der Waals surface area contributed by atoms with Crippen LogP contribution in [0.15, 0.2) is 53.4 Å². The third-order valence-corrected chi connectivity index (χ3v) is 4.15. The quantitative estimate of drug-likeness (QED) is 0.889. The van der Waals surface area contributed by atoms with Gasteiger partial charge < -0.3 is 10.1 Å². The SMILES string of the molecule is COc1ccc(C(C)Nc2ccccc2S(N)(=O)=O)cc1. The Morgan fingerprint density at radius 2 is 1.71 bits per heavy atom. The summed E-state index contributed by atoms with van der Waals surface area (Å²) in [6.07, 6.45) is 0. The average molecular weight is 306 g/mol. The molecule has 5 nitrogen and oxygen atoms in total. The highest BCUT2D eigenvalue weighted by atomic mass is 32.2. The molecule has 112 valence electrons. The largest absolute Gasteiger partial charge is 0.497 e. The average Bonchev–Trinajstić information content (AvgIpc) is 2.47. The molecule has 21 heavy (non-hydrogen) atoms. The normalized spacial score (nSPS) is 12.7. The van der Waals surface area contributed by atoms with E-state index in [4.69, 9.17) is 9.88 Å². The Morgan fingerprint density at radius 1 is 1.10 bits per heavy atom. The third-order valence-electron chi connectivity index (χ3n) is 3.18. The van der Waals surface area contributed by atoms with Crippen LogP contribution < -0.4 is 15.2 Å². The van der Waals surface area contributed by atoms with Crippen molar-refractivity contribution in [1.29, 1.82) is 0 Å². The maximum absolute atomic E-state index is 11.6. The molecule has 0 bridgehead atoms. The molecule has 0 aliphatic heterocycles. The van der Waals surface area contributed by atoms with Crippen molar-refractivity contribution in [3.05, 3.63) is 54.1 Å². The summed E-state index contributed by atoms with van der Waals surface area (Å²) in [5, 5.41) is 8.40. The lowest BCUT2D eigenvalue weighted by molar-refractivity contribution is 0.414. The van der Waals surface area contributed by atoms with Gasteiger partial charge in [-0.25, -0.2) is 13.6 Å². The lowest BCUT2D eigenvalue weighted by Gasteiger charge is -2.18. The van der Waals surface area contributed by atoms with Crippen LogP contribution in [0, 0.1) is 0 Å². The molecule has 1 atom stereocenters. The molecule has 2 aromatic rings. The van der Waals surface area contributed by atoms with Gasteiger partial charge in [-0.15, -0.1) is 0 Å². The van der Waals surface area contributed by atoms with Crippen LogP contribution in [0.25, 0.3) is 0 Å². The summed E-state index contributed by atoms with van der Waals surface area (Å²) in [6, 6.07) is 14.1. The smallest absolute Gasteiger partial charge is 0.240 e. The second kappa shape index (κ2) is 6.15. The van der Waals surface area contributed by atoms with E-state index in [2.05, 4.69) is 5.32 Å². The molecule has 0 aliphatic carbocycles. The molecular formula is C15H18N2O3S. The zero-order valence-electron chi connectivity index (χ0n) is 11.9. The number of nitrogens with two attached hydrogens (primary N) is 1. The monoisotopic (exact) mass is 306 g/mol. The molecule has 1 unspecified atom stereocenters. The van der Waals surface area contributed by atoms with Crippen LogP contribution >= 0.6 is 0 Å². The second-order valence-corrected chi connectivity index (χ2v) is 6.21. The van der Waals surface area contributed by atoms with E-state index in [1.54, 1.807) is 25.3 Å². The summed E-state index contributed by atoms with van der Waals surface area (Å²) >= 11 is 0. The van der Waals surface area contributed by atoms with Gasteiger partial charge in [0.2, 0.25) is 10.0 Å². The number of hydrogen-bond donors (Lipinski definition) is 2. The number of para-hydroxylation sites is 1. The highest BCUT2D eigenvalue weighted by molar-refractivity contribution is 7.89. The maximum atomic E-state index is 11.6. The van der Waals surface area contributed by atoms with Crippen LogP contribution in [0.2, 0.25) is 0 Å². The number of anilines is 1. The number of rotatable bonds is 5. The fraction of sp³-hybridized carbons (Fsp3) is 0.200. The Bertz CT molecular complexity index is 712. The minimum Gasteiger partial charge on any atom is -0.497 e. The van der Waals surface area contributed by atoms with Crippen molar-refractivity contribution in [2.24, 2.45) is 5.14 Å². The first-order valence-corrected chi connectivity index (χ1v) is 7.99. The lowest BCUT2D eigenvalue weighted by Crippen LogP contribution is -2.16. The minimum atomic E-state index is -3.75. The minimum absolute atomic E-state index is 0.0705. The van der Waals surface area contributed by atoms with Crippen molar-refractivity contribution in [2.75, 3.05) is 12.4 Å². The molecule has 0 spiro atoms. The van der Waals surface area contributed by atoms with Gasteiger partial charge in [-0.1, -0.05) is 24.3 Å². The fourth-order valence-electron chi connectivity index (χ4n) is 2.04. The van der Waals surface area contributed by atoms with Crippen LogP contribution in [0.4, 0.5) is 5.69 Å². The summed E-state index contributed by atoms with van der Waals surface area (Å²) in [7, 11) is -2.14. The van der Waals surface area contributed by atoms with E-state index in [1.807, 2.05) is 31.2 Å². The highest BCUT2D eigenvalue weighted by Crippen LogP contribution is 2.25. The van der Waals surface area contributed by atoms with Crippen molar-refractivity contribution < 1.29 is 13.2 Å². The fourth-order valence-corrected chi connectivity index (χ4v) is 2.74. The van der Waals surface area contributed by atoms with Crippen LogP contribution in [-0.4, -0.2) is 15.5 Å². The van der Waals surface area contributed by atoms with Gasteiger partial charge in [0, 0.05) is 6.04 Å². The van der Waals surface area contributed by atoms with Gasteiger partial charge in [0.25, 0.3) is 0 Å². The summed E-state index contributed by atoms with van der Waals surface area (Å²) in [4.78, 5) is 0.0883. The van der Waals surface area contributed by atoms with E-state index >= 15 is 0 Å². The van der Waals surface area contributed by atoms with Crippen molar-refractivity contribution in [3.63, 3.8) is 0 Å². The second-order valence-electron chi connectivity index (χ2n) is 4.68. The molecule has 0 aromatic heterocycles. The summed E-state index contributed by atoms with van der Waals surface area (Å²) < 4.78 is 28.3. The Kier molecular flexibility index (Phi) is 4.50. The molecule has 0 fully saturated rings. The van der Waals surface area contributed by atoms with Gasteiger partial charge in [-0.2, -0.15) is 0 Å². The first-order chi connectivity index (χ1) is 9.91. The number of ether oxygens (including phenoxy) is 1. The van der Waals surface area contributed by atoms with E-state index < -0.39 is 10.0 Å². The number of benzene rings is 2. The number of methoxy groups -OCH3 is 1. The van der Waals surface area contributed by atoms with Crippen molar-refractivity contribution in [2.45, 2.75) is 17.9 Å². The standard InChI is InChI=1S/C15H18N2O3S/c1-11(12-7-9-13(20-2)10-8-12)17-14-5-3-4-6-15(14)21(16,18)19/h3-11,17H,1-2H3,(H2,16,18,19). The van der Waals surface area contributed by atoms with Crippen molar-refractivity contribution in [3.8, 4) is 5.75 Å². The van der Waals surface area contributed by atoms with Crippen LogP contribution in [0.5, 0.6) is 5.75 Å². The number of nitrogens with one attached hydrogen (secondary N) is 1. The molecule has 2 rings (SSSR count). The number of primary sulfonamides is 1. The van der Waals surface area contributed by atoms with Crippen molar-refractivity contribution >= 4 is 15.7 Å². The van der Waals surface area contributed by atoms with Crippen LogP contribution in [-0.2, 0) is 10.0 Å². The number of sulfonamides is 1. The molecule has 0 saturated heterocycles. The summed E-state index contributed by atoms with van der Waals surface area (Å²) in [6.45, 7) is 1.95. The predicted octanol–water partition coefficient (Wildman–Crippen LogP) is 2.52. The van der Waals surface area contributed by atoms with E-state index in [9.17, 15) is 8.42 Å². The van der Waals surface area contributed by atoms with E-state index in [1.165, 1.54) is 6.07 Å². The topological polar surface area (TPSA) is 81.4 Å². The van der Waals surface area contributed by atoms with Crippen LogP contribution in [0.3, 0.4) is 0 Å². The van der Waals surface area contributed by atoms with Gasteiger partial charge in [0.05, 0.1) is 12.8 Å². The summed E-state index contributed by atoms with van der Waals surface area (Å²) in [5.41, 5.74) is 1.50. The van der Waals surface area contributed by atoms with Gasteiger partial charge in [-0.3, -0.25) is 0 Å². The number of hydrogen-bond acceptors (Lipinski definition) is 4. The molecule has 0 radical (unpaired) electrons. The molecule has 2 aromatic carbocycles. The Balaban J connectivity index is 2.25. The third kappa shape index (κ3) is 3.74. The van der Waals surface area contributed by atoms with E-state index in [0.717, 1.165) is 11.3 Å². The Labute approximate surface area is 124 Å². The Morgan fingerprint density at radius 3 is 2.29 bits per heavy atom. The summed E-state index contributed by atoms with van der Waals surface area (Å²) in [5.74, 6) is 0.774. The maximum Gasteiger partial charge on any atom is 0.240 e. The van der Waals surface area contributed by atoms with Crippen molar-refractivity contribution in [1.82, 2.24) is 0 Å². The molecule has 0 heterocycles. The van der Waals surface area contributed by atoms with E-state index in [-0.39, 0.29) is 10.9 Å². The van der Waals surface area contributed by atoms with Gasteiger partial charge in [0.15, 0.2) is 0 Å². The first kappa shape index (κ1) is 15.3. The zero-order chi connectivity index (χ0) is 15.5. The molecule has 3 N–H and O–H groups in total. The molecule has 6 heteroatoms. The van der Waals surface area contributed by atoms with Gasteiger partial charge in [0.1, 0.15) is 10.6 Å². The highest BCUT2D eigenvalue weighted by Gasteiger charge is 2.15. The predicted molar refractivity (Wildman–Crippen MR) is 82.8 cm³/mol. The Hall–Kier alpha value is -2.05. The van der Waals surface area contributed by atoms with Gasteiger partial charge in [-0.05, 0) is 36.8 Å². The molecular weight excluding hydrogens is 288 g/mol. The van der Waals surface area contributed by atoms with Crippen LogP contribution in [0.1, 0.15) is 18.5 Å². The zero-order valence-corrected chi connectivity index (χ0v) is 12.7.